The highest BCUT2D eigenvalue weighted by Gasteiger charge is 2.18. The Balaban J connectivity index is 0. The van der Waals surface area contributed by atoms with Crippen LogP contribution in [0.3, 0.4) is 0 Å². The van der Waals surface area contributed by atoms with Crippen molar-refractivity contribution in [2.75, 3.05) is 18.4 Å². The lowest BCUT2D eigenvalue weighted by molar-refractivity contribution is -0.123. The Hall–Kier alpha value is -1.04. The normalized spacial score (nSPS) is 12.4. The lowest BCUT2D eigenvalue weighted by Crippen LogP contribution is -2.45. The van der Waals surface area contributed by atoms with Gasteiger partial charge < -0.3 is 16.4 Å². The van der Waals surface area contributed by atoms with Gasteiger partial charge in [-0.3, -0.25) is 4.79 Å². The van der Waals surface area contributed by atoms with Crippen LogP contribution in [0.15, 0.2) is 18.3 Å². The van der Waals surface area contributed by atoms with Crippen molar-refractivity contribution in [3.8, 4) is 0 Å². The summed E-state index contributed by atoms with van der Waals surface area (Å²) in [4.78, 5) is 16.0. The van der Waals surface area contributed by atoms with E-state index in [1.165, 1.54) is 0 Å². The number of rotatable bonds is 8. The van der Waals surface area contributed by atoms with E-state index in [0.717, 1.165) is 30.8 Å². The number of hydrogen-bond acceptors (Lipinski definition) is 4. The summed E-state index contributed by atoms with van der Waals surface area (Å²) < 4.78 is 0. The van der Waals surface area contributed by atoms with Gasteiger partial charge in [-0.25, -0.2) is 4.98 Å². The molecule has 0 aliphatic rings. The molecule has 0 aromatic carbocycles. The SMILES string of the molecule is CCC(C)C(N)C(=O)NCCCNc1ccc(C)cn1.Cl.Cl. The van der Waals surface area contributed by atoms with Crippen molar-refractivity contribution in [1.29, 1.82) is 0 Å². The molecule has 1 heterocycles. The third kappa shape index (κ3) is 8.41. The molecule has 22 heavy (non-hydrogen) atoms. The number of anilines is 1. The van der Waals surface area contributed by atoms with Crippen molar-refractivity contribution < 1.29 is 4.79 Å². The number of aryl methyl sites for hydroxylation is 1. The molecule has 0 saturated carbocycles. The second kappa shape index (κ2) is 12.5. The Kier molecular flexibility index (Phi) is 13.2. The number of halogens is 2. The van der Waals surface area contributed by atoms with Gasteiger partial charge in [0.1, 0.15) is 5.82 Å². The van der Waals surface area contributed by atoms with Crippen molar-refractivity contribution in [2.45, 2.75) is 39.7 Å². The molecule has 1 aromatic rings. The average Bonchev–Trinajstić information content (AvgIpc) is 2.47. The van der Waals surface area contributed by atoms with Crippen molar-refractivity contribution >= 4 is 36.5 Å². The fraction of sp³-hybridized carbons (Fsp3) is 0.600. The summed E-state index contributed by atoms with van der Waals surface area (Å²) in [5.74, 6) is 1.01. The van der Waals surface area contributed by atoms with E-state index in [-0.39, 0.29) is 36.6 Å². The molecule has 0 spiro atoms. The van der Waals surface area contributed by atoms with Crippen LogP contribution in [0.4, 0.5) is 5.82 Å². The summed E-state index contributed by atoms with van der Waals surface area (Å²) in [6.45, 7) is 7.44. The van der Waals surface area contributed by atoms with E-state index in [2.05, 4.69) is 15.6 Å². The van der Waals surface area contributed by atoms with Gasteiger partial charge in [-0.2, -0.15) is 0 Å². The number of nitrogens with one attached hydrogen (secondary N) is 2. The first kappa shape index (κ1) is 23.2. The highest BCUT2D eigenvalue weighted by Crippen LogP contribution is 2.05. The minimum Gasteiger partial charge on any atom is -0.370 e. The number of nitrogens with zero attached hydrogens (tertiary/aromatic N) is 1. The van der Waals surface area contributed by atoms with E-state index in [1.807, 2.05) is 39.1 Å². The van der Waals surface area contributed by atoms with Gasteiger partial charge in [0, 0.05) is 19.3 Å². The van der Waals surface area contributed by atoms with Crippen LogP contribution in [0.1, 0.15) is 32.3 Å². The van der Waals surface area contributed by atoms with Crippen LogP contribution in [-0.2, 0) is 4.79 Å². The minimum atomic E-state index is -0.410. The smallest absolute Gasteiger partial charge is 0.237 e. The van der Waals surface area contributed by atoms with E-state index in [1.54, 1.807) is 0 Å². The average molecular weight is 351 g/mol. The quantitative estimate of drug-likeness (QED) is 0.629. The highest BCUT2D eigenvalue weighted by atomic mass is 35.5. The van der Waals surface area contributed by atoms with E-state index < -0.39 is 6.04 Å². The van der Waals surface area contributed by atoms with Gasteiger partial charge >= 0.3 is 0 Å². The maximum atomic E-state index is 11.7. The largest absolute Gasteiger partial charge is 0.370 e. The Morgan fingerprint density at radius 1 is 1.32 bits per heavy atom. The number of carbonyl (C=O) groups is 1. The Bertz CT molecular complexity index is 415. The molecule has 2 unspecified atom stereocenters. The van der Waals surface area contributed by atoms with Crippen molar-refractivity contribution in [3.63, 3.8) is 0 Å². The molecule has 128 valence electrons. The molecular formula is C15H28Cl2N4O. The van der Waals surface area contributed by atoms with Gasteiger partial charge in [0.15, 0.2) is 0 Å². The molecule has 0 fully saturated rings. The van der Waals surface area contributed by atoms with Crippen LogP contribution in [-0.4, -0.2) is 30.0 Å². The van der Waals surface area contributed by atoms with Crippen LogP contribution >= 0.6 is 24.8 Å². The maximum absolute atomic E-state index is 11.7. The third-order valence-corrected chi connectivity index (χ3v) is 3.43. The molecule has 0 saturated heterocycles. The molecule has 1 aromatic heterocycles. The van der Waals surface area contributed by atoms with Crippen LogP contribution in [0, 0.1) is 12.8 Å². The van der Waals surface area contributed by atoms with Gasteiger partial charge in [0.2, 0.25) is 5.91 Å². The van der Waals surface area contributed by atoms with Gasteiger partial charge in [-0.1, -0.05) is 26.3 Å². The molecule has 7 heteroatoms. The molecule has 2 atom stereocenters. The van der Waals surface area contributed by atoms with Crippen LogP contribution in [0.2, 0.25) is 0 Å². The lowest BCUT2D eigenvalue weighted by Gasteiger charge is -2.17. The zero-order valence-electron chi connectivity index (χ0n) is 13.5. The fourth-order valence-corrected chi connectivity index (χ4v) is 1.72. The molecule has 4 N–H and O–H groups in total. The molecule has 0 bridgehead atoms. The number of pyridine rings is 1. The summed E-state index contributed by atoms with van der Waals surface area (Å²) in [7, 11) is 0. The standard InChI is InChI=1S/C15H26N4O.2ClH/c1-4-12(3)14(16)15(20)18-9-5-8-17-13-7-6-11(2)10-19-13;;/h6-7,10,12,14H,4-5,8-9,16H2,1-3H3,(H,17,19)(H,18,20);2*1H. The van der Waals surface area contributed by atoms with Gasteiger partial charge in [-0.05, 0) is 30.9 Å². The van der Waals surface area contributed by atoms with Crippen molar-refractivity contribution in [1.82, 2.24) is 10.3 Å². The van der Waals surface area contributed by atoms with E-state index in [9.17, 15) is 4.79 Å². The third-order valence-electron chi connectivity index (χ3n) is 3.43. The number of carbonyl (C=O) groups excluding carboxylic acids is 1. The second-order valence-electron chi connectivity index (χ2n) is 5.20. The lowest BCUT2D eigenvalue weighted by atomic mass is 9.99. The van der Waals surface area contributed by atoms with E-state index in [0.29, 0.717) is 6.54 Å². The monoisotopic (exact) mass is 350 g/mol. The number of hydrogen-bond donors (Lipinski definition) is 3. The predicted molar refractivity (Wildman–Crippen MR) is 97.0 cm³/mol. The molecule has 1 rings (SSSR count). The summed E-state index contributed by atoms with van der Waals surface area (Å²) in [5, 5.41) is 6.08. The first-order chi connectivity index (χ1) is 9.54. The summed E-state index contributed by atoms with van der Waals surface area (Å²) in [6, 6.07) is 3.56. The first-order valence-electron chi connectivity index (χ1n) is 7.24. The number of aromatic nitrogens is 1. The number of nitrogens with two attached hydrogens (primary N) is 1. The van der Waals surface area contributed by atoms with Crippen LogP contribution < -0.4 is 16.4 Å². The Morgan fingerprint density at radius 2 is 2.00 bits per heavy atom. The van der Waals surface area contributed by atoms with Gasteiger partial charge in [0.05, 0.1) is 6.04 Å². The summed E-state index contributed by atoms with van der Waals surface area (Å²) in [5.41, 5.74) is 6.99. The molecule has 0 aliphatic carbocycles. The van der Waals surface area contributed by atoms with Crippen LogP contribution in [0.5, 0.6) is 0 Å². The van der Waals surface area contributed by atoms with Gasteiger partial charge in [-0.15, -0.1) is 24.8 Å². The highest BCUT2D eigenvalue weighted by molar-refractivity contribution is 5.85. The molecule has 0 radical (unpaired) electrons. The molecule has 0 aliphatic heterocycles. The fourth-order valence-electron chi connectivity index (χ4n) is 1.72. The van der Waals surface area contributed by atoms with Crippen LogP contribution in [0.25, 0.3) is 0 Å². The minimum absolute atomic E-state index is 0. The second-order valence-corrected chi connectivity index (χ2v) is 5.20. The maximum Gasteiger partial charge on any atom is 0.237 e. The zero-order chi connectivity index (χ0) is 15.0. The van der Waals surface area contributed by atoms with E-state index >= 15 is 0 Å². The zero-order valence-corrected chi connectivity index (χ0v) is 15.1. The Morgan fingerprint density at radius 3 is 2.55 bits per heavy atom. The molecule has 1 amide bonds. The van der Waals surface area contributed by atoms with Crippen molar-refractivity contribution in [3.05, 3.63) is 23.9 Å². The topological polar surface area (TPSA) is 80.0 Å². The Labute approximate surface area is 145 Å². The summed E-state index contributed by atoms with van der Waals surface area (Å²) in [6.07, 6.45) is 3.58. The first-order valence-corrected chi connectivity index (χ1v) is 7.24. The predicted octanol–water partition coefficient (Wildman–Crippen LogP) is 2.53. The summed E-state index contributed by atoms with van der Waals surface area (Å²) >= 11 is 0. The molecule has 5 nitrogen and oxygen atoms in total. The van der Waals surface area contributed by atoms with Crippen molar-refractivity contribution in [2.24, 2.45) is 11.7 Å². The van der Waals surface area contributed by atoms with E-state index in [4.69, 9.17) is 5.73 Å². The number of amides is 1. The van der Waals surface area contributed by atoms with Gasteiger partial charge in [0.25, 0.3) is 0 Å². The molecular weight excluding hydrogens is 323 g/mol.